The van der Waals surface area contributed by atoms with E-state index in [0.29, 0.717) is 42.6 Å². The number of hydrogen-bond donors (Lipinski definition) is 1. The van der Waals surface area contributed by atoms with Crippen molar-refractivity contribution in [3.63, 3.8) is 0 Å². The number of halogens is 1. The summed E-state index contributed by atoms with van der Waals surface area (Å²) < 4.78 is 0. The van der Waals surface area contributed by atoms with Crippen molar-refractivity contribution in [2.45, 2.75) is 6.42 Å². The molecule has 0 saturated carbocycles. The van der Waals surface area contributed by atoms with Gasteiger partial charge in [-0.05, 0) is 36.8 Å². The molecule has 3 amide bonds. The Bertz CT molecular complexity index is 754. The Kier molecular flexibility index (Phi) is 5.50. The molecule has 0 atom stereocenters. The highest BCUT2D eigenvalue weighted by Crippen LogP contribution is 2.16. The van der Waals surface area contributed by atoms with Crippen LogP contribution in [0.1, 0.15) is 16.9 Å². The van der Waals surface area contributed by atoms with Gasteiger partial charge in [-0.25, -0.2) is 4.79 Å². The maximum atomic E-state index is 12.5. The van der Waals surface area contributed by atoms with Crippen LogP contribution < -0.4 is 5.32 Å². The van der Waals surface area contributed by atoms with Crippen LogP contribution in [0.25, 0.3) is 0 Å². The molecule has 1 aromatic heterocycles. The Morgan fingerprint density at radius 2 is 1.80 bits per heavy atom. The molecule has 0 radical (unpaired) electrons. The van der Waals surface area contributed by atoms with Crippen LogP contribution in [0.5, 0.6) is 0 Å². The number of anilines is 1. The van der Waals surface area contributed by atoms with Gasteiger partial charge in [-0.2, -0.15) is 0 Å². The van der Waals surface area contributed by atoms with Crippen molar-refractivity contribution < 1.29 is 9.59 Å². The highest BCUT2D eigenvalue weighted by molar-refractivity contribution is 6.30. The lowest BCUT2D eigenvalue weighted by Gasteiger charge is -2.22. The van der Waals surface area contributed by atoms with Gasteiger partial charge in [0.15, 0.2) is 0 Å². The largest absolute Gasteiger partial charge is 0.335 e. The summed E-state index contributed by atoms with van der Waals surface area (Å²) in [7, 11) is 0. The fourth-order valence-corrected chi connectivity index (χ4v) is 2.93. The van der Waals surface area contributed by atoms with E-state index in [1.165, 1.54) is 0 Å². The minimum Gasteiger partial charge on any atom is -0.335 e. The van der Waals surface area contributed by atoms with E-state index in [2.05, 4.69) is 10.3 Å². The Hall–Kier alpha value is -2.60. The van der Waals surface area contributed by atoms with Crippen molar-refractivity contribution in [1.82, 2.24) is 14.8 Å². The summed E-state index contributed by atoms with van der Waals surface area (Å²) in [6, 6.07) is 12.1. The number of carbonyl (C=O) groups excluding carboxylic acids is 2. The molecule has 1 aromatic carbocycles. The molecule has 0 aliphatic carbocycles. The number of amides is 3. The molecule has 7 heteroatoms. The molecule has 2 heterocycles. The van der Waals surface area contributed by atoms with Gasteiger partial charge in [-0.1, -0.05) is 23.7 Å². The first-order valence-corrected chi connectivity index (χ1v) is 8.53. The number of aromatic nitrogens is 1. The first kappa shape index (κ1) is 17.2. The Balaban J connectivity index is 1.59. The van der Waals surface area contributed by atoms with Crippen LogP contribution in [0, 0.1) is 0 Å². The van der Waals surface area contributed by atoms with Crippen LogP contribution in [0.15, 0.2) is 48.7 Å². The van der Waals surface area contributed by atoms with E-state index >= 15 is 0 Å². The normalized spacial score (nSPS) is 14.8. The van der Waals surface area contributed by atoms with Crippen molar-refractivity contribution in [2.24, 2.45) is 0 Å². The van der Waals surface area contributed by atoms with Gasteiger partial charge in [0.2, 0.25) is 0 Å². The highest BCUT2D eigenvalue weighted by atomic mass is 35.5. The average molecular weight is 359 g/mol. The van der Waals surface area contributed by atoms with Crippen molar-refractivity contribution in [3.05, 3.63) is 59.4 Å². The van der Waals surface area contributed by atoms with Crippen LogP contribution in [0.3, 0.4) is 0 Å². The molecule has 1 saturated heterocycles. The van der Waals surface area contributed by atoms with Crippen molar-refractivity contribution in [1.29, 1.82) is 0 Å². The third kappa shape index (κ3) is 4.48. The second-order valence-corrected chi connectivity index (χ2v) is 6.22. The molecule has 3 rings (SSSR count). The van der Waals surface area contributed by atoms with Gasteiger partial charge in [0, 0.05) is 43.1 Å². The van der Waals surface area contributed by atoms with Crippen LogP contribution in [0.2, 0.25) is 5.02 Å². The lowest BCUT2D eigenvalue weighted by Crippen LogP contribution is -2.39. The summed E-state index contributed by atoms with van der Waals surface area (Å²) in [6.45, 7) is 2.16. The van der Waals surface area contributed by atoms with E-state index < -0.39 is 0 Å². The van der Waals surface area contributed by atoms with Gasteiger partial charge in [0.05, 0.1) is 0 Å². The summed E-state index contributed by atoms with van der Waals surface area (Å²) in [5.74, 6) is -0.0994. The molecule has 25 heavy (non-hydrogen) atoms. The molecule has 6 nitrogen and oxygen atoms in total. The molecule has 1 fully saturated rings. The van der Waals surface area contributed by atoms with E-state index in [9.17, 15) is 9.59 Å². The van der Waals surface area contributed by atoms with Gasteiger partial charge < -0.3 is 15.1 Å². The van der Waals surface area contributed by atoms with Crippen LogP contribution in [0.4, 0.5) is 10.5 Å². The summed E-state index contributed by atoms with van der Waals surface area (Å²) >= 11 is 5.94. The Morgan fingerprint density at radius 3 is 2.56 bits per heavy atom. The van der Waals surface area contributed by atoms with Gasteiger partial charge in [-0.15, -0.1) is 0 Å². The molecule has 0 spiro atoms. The van der Waals surface area contributed by atoms with Gasteiger partial charge in [-0.3, -0.25) is 9.78 Å². The molecule has 0 bridgehead atoms. The molecule has 1 aliphatic heterocycles. The topological polar surface area (TPSA) is 65.5 Å². The number of nitrogens with zero attached hydrogens (tertiary/aromatic N) is 3. The van der Waals surface area contributed by atoms with Crippen LogP contribution in [-0.2, 0) is 0 Å². The average Bonchev–Trinajstić information content (AvgIpc) is 2.88. The quantitative estimate of drug-likeness (QED) is 0.897. The maximum Gasteiger partial charge on any atom is 0.321 e. The van der Waals surface area contributed by atoms with E-state index in [-0.39, 0.29) is 11.9 Å². The maximum absolute atomic E-state index is 12.5. The third-order valence-corrected chi connectivity index (χ3v) is 4.27. The standard InChI is InChI=1S/C18H19ClN4O2/c19-14-5-3-6-15(13-14)21-18(25)23-10-4-9-22(11-12-23)17(24)16-7-1-2-8-20-16/h1-3,5-8,13H,4,9-12H2,(H,21,25). The number of rotatable bonds is 2. The van der Waals surface area contributed by atoms with Gasteiger partial charge in [0.25, 0.3) is 5.91 Å². The second-order valence-electron chi connectivity index (χ2n) is 5.79. The predicted molar refractivity (Wildman–Crippen MR) is 96.8 cm³/mol. The third-order valence-electron chi connectivity index (χ3n) is 4.03. The minimum absolute atomic E-state index is 0.0994. The van der Waals surface area contributed by atoms with Crippen molar-refractivity contribution in [2.75, 3.05) is 31.5 Å². The summed E-state index contributed by atoms with van der Waals surface area (Å²) in [6.07, 6.45) is 2.33. The van der Waals surface area contributed by atoms with E-state index in [0.717, 1.165) is 6.42 Å². The zero-order chi connectivity index (χ0) is 17.6. The van der Waals surface area contributed by atoms with E-state index in [1.807, 2.05) is 0 Å². The highest BCUT2D eigenvalue weighted by Gasteiger charge is 2.23. The zero-order valence-corrected chi connectivity index (χ0v) is 14.4. The summed E-state index contributed by atoms with van der Waals surface area (Å²) in [5, 5.41) is 3.41. The van der Waals surface area contributed by atoms with Gasteiger partial charge in [0.1, 0.15) is 5.69 Å². The molecule has 130 valence electrons. The molecular weight excluding hydrogens is 340 g/mol. The number of benzene rings is 1. The molecule has 0 unspecified atom stereocenters. The number of nitrogens with one attached hydrogen (secondary N) is 1. The van der Waals surface area contributed by atoms with Crippen molar-refractivity contribution in [3.8, 4) is 0 Å². The second kappa shape index (κ2) is 7.98. The fourth-order valence-electron chi connectivity index (χ4n) is 2.74. The first-order valence-electron chi connectivity index (χ1n) is 8.15. The lowest BCUT2D eigenvalue weighted by molar-refractivity contribution is 0.0757. The number of urea groups is 1. The van der Waals surface area contributed by atoms with Crippen LogP contribution in [-0.4, -0.2) is 52.9 Å². The number of hydrogen-bond acceptors (Lipinski definition) is 3. The van der Waals surface area contributed by atoms with Crippen molar-refractivity contribution >= 4 is 29.2 Å². The smallest absolute Gasteiger partial charge is 0.321 e. The first-order chi connectivity index (χ1) is 12.1. The molecular formula is C18H19ClN4O2. The lowest BCUT2D eigenvalue weighted by atomic mass is 10.3. The molecule has 1 aliphatic rings. The zero-order valence-electron chi connectivity index (χ0n) is 13.7. The van der Waals surface area contributed by atoms with E-state index in [1.54, 1.807) is 58.5 Å². The number of carbonyl (C=O) groups is 2. The van der Waals surface area contributed by atoms with E-state index in [4.69, 9.17) is 11.6 Å². The SMILES string of the molecule is O=C(Nc1cccc(Cl)c1)N1CCCN(C(=O)c2ccccn2)CC1. The minimum atomic E-state index is -0.186. The van der Waals surface area contributed by atoms with Gasteiger partial charge >= 0.3 is 6.03 Å². The molecule has 1 N–H and O–H groups in total. The molecule has 2 aromatic rings. The monoisotopic (exact) mass is 358 g/mol. The Morgan fingerprint density at radius 1 is 1.00 bits per heavy atom. The fraction of sp³-hybridized carbons (Fsp3) is 0.278. The summed E-state index contributed by atoms with van der Waals surface area (Å²) in [4.78, 5) is 32.5. The summed E-state index contributed by atoms with van der Waals surface area (Å²) in [5.41, 5.74) is 1.09. The predicted octanol–water partition coefficient (Wildman–Crippen LogP) is 3.12. The number of pyridine rings is 1. The Labute approximate surface area is 151 Å². The van der Waals surface area contributed by atoms with Crippen LogP contribution >= 0.6 is 11.6 Å².